The van der Waals surface area contributed by atoms with E-state index in [1.54, 1.807) is 0 Å². The number of rotatable bonds is 5. The average molecular weight is 374 g/mol. The van der Waals surface area contributed by atoms with Gasteiger partial charge in [-0.3, -0.25) is 10.1 Å². The summed E-state index contributed by atoms with van der Waals surface area (Å²) in [6, 6.07) is 2.33. The third kappa shape index (κ3) is 3.57. The topological polar surface area (TPSA) is 89.3 Å². The van der Waals surface area contributed by atoms with Gasteiger partial charge in [0.05, 0.1) is 11.0 Å². The SMILES string of the molecule is O=[N+]([O-])c1cc(F)ccc1S(=O)(=O)NCCI. The van der Waals surface area contributed by atoms with Gasteiger partial charge in [0.2, 0.25) is 10.0 Å². The summed E-state index contributed by atoms with van der Waals surface area (Å²) in [5.74, 6) is -0.857. The van der Waals surface area contributed by atoms with Crippen molar-refractivity contribution >= 4 is 38.3 Å². The first kappa shape index (κ1) is 14.3. The van der Waals surface area contributed by atoms with E-state index in [1.165, 1.54) is 0 Å². The van der Waals surface area contributed by atoms with E-state index in [2.05, 4.69) is 4.72 Å². The molecular weight excluding hydrogens is 366 g/mol. The van der Waals surface area contributed by atoms with Gasteiger partial charge in [-0.1, -0.05) is 22.6 Å². The Labute approximate surface area is 111 Å². The molecule has 0 aromatic heterocycles. The first-order valence-electron chi connectivity index (χ1n) is 4.38. The Morgan fingerprint density at radius 2 is 2.12 bits per heavy atom. The number of nitro groups is 1. The summed E-state index contributed by atoms with van der Waals surface area (Å²) in [7, 11) is -3.98. The highest BCUT2D eigenvalue weighted by atomic mass is 127. The summed E-state index contributed by atoms with van der Waals surface area (Å²) in [5, 5.41) is 10.6. The van der Waals surface area contributed by atoms with Crippen LogP contribution in [0, 0.1) is 15.9 Å². The van der Waals surface area contributed by atoms with Gasteiger partial charge in [-0.05, 0) is 12.1 Å². The Bertz CT molecular complexity index is 534. The number of nitrogens with one attached hydrogen (secondary N) is 1. The van der Waals surface area contributed by atoms with Gasteiger partial charge >= 0.3 is 0 Å². The van der Waals surface area contributed by atoms with Crippen molar-refractivity contribution < 1.29 is 17.7 Å². The minimum Gasteiger partial charge on any atom is -0.258 e. The van der Waals surface area contributed by atoms with Gasteiger partial charge < -0.3 is 0 Å². The van der Waals surface area contributed by atoms with Gasteiger partial charge in [0.1, 0.15) is 5.82 Å². The molecule has 0 fully saturated rings. The molecule has 6 nitrogen and oxygen atoms in total. The highest BCUT2D eigenvalue weighted by molar-refractivity contribution is 14.1. The van der Waals surface area contributed by atoms with Crippen LogP contribution in [0.4, 0.5) is 10.1 Å². The zero-order valence-electron chi connectivity index (χ0n) is 8.39. The molecule has 1 N–H and O–H groups in total. The summed E-state index contributed by atoms with van der Waals surface area (Å²) in [6.07, 6.45) is 0. The predicted octanol–water partition coefficient (Wildman–Crippen LogP) is 1.45. The van der Waals surface area contributed by atoms with Crippen molar-refractivity contribution in [2.75, 3.05) is 11.0 Å². The van der Waals surface area contributed by atoms with Gasteiger partial charge in [-0.2, -0.15) is 0 Å². The fraction of sp³-hybridized carbons (Fsp3) is 0.250. The summed E-state index contributed by atoms with van der Waals surface area (Å²) < 4.78 is 38.9. The Kier molecular flexibility index (Phi) is 4.77. The number of nitrogens with zero attached hydrogens (tertiary/aromatic N) is 1. The van der Waals surface area contributed by atoms with Crippen molar-refractivity contribution in [2.45, 2.75) is 4.90 Å². The van der Waals surface area contributed by atoms with E-state index in [0.29, 0.717) is 10.5 Å². The third-order valence-electron chi connectivity index (χ3n) is 1.79. The maximum Gasteiger partial charge on any atom is 0.292 e. The number of hydrogen-bond acceptors (Lipinski definition) is 4. The molecule has 0 saturated carbocycles. The molecule has 0 bridgehead atoms. The Morgan fingerprint density at radius 3 is 2.65 bits per heavy atom. The highest BCUT2D eigenvalue weighted by Crippen LogP contribution is 2.24. The molecule has 0 amide bonds. The molecule has 17 heavy (non-hydrogen) atoms. The van der Waals surface area contributed by atoms with E-state index >= 15 is 0 Å². The second kappa shape index (κ2) is 5.69. The molecule has 1 aromatic rings. The summed E-state index contributed by atoms with van der Waals surface area (Å²) >= 11 is 1.95. The smallest absolute Gasteiger partial charge is 0.258 e. The second-order valence-corrected chi connectivity index (χ2v) is 5.77. The van der Waals surface area contributed by atoms with Crippen molar-refractivity contribution in [2.24, 2.45) is 0 Å². The molecule has 1 aromatic carbocycles. The molecule has 1 rings (SSSR count). The maximum absolute atomic E-state index is 12.8. The lowest BCUT2D eigenvalue weighted by molar-refractivity contribution is -0.388. The van der Waals surface area contributed by atoms with Crippen LogP contribution in [-0.2, 0) is 10.0 Å². The van der Waals surface area contributed by atoms with Gasteiger partial charge in [0.25, 0.3) is 5.69 Å². The molecule has 0 heterocycles. The first-order valence-corrected chi connectivity index (χ1v) is 7.39. The van der Waals surface area contributed by atoms with E-state index in [4.69, 9.17) is 0 Å². The maximum atomic E-state index is 12.8. The van der Waals surface area contributed by atoms with E-state index in [9.17, 15) is 22.9 Å². The number of hydrogen-bond donors (Lipinski definition) is 1. The molecule has 0 atom stereocenters. The molecule has 0 unspecified atom stereocenters. The molecule has 9 heteroatoms. The van der Waals surface area contributed by atoms with Crippen LogP contribution in [0.25, 0.3) is 0 Å². The number of nitro benzene ring substituents is 1. The number of sulfonamides is 1. The largest absolute Gasteiger partial charge is 0.292 e. The predicted molar refractivity (Wildman–Crippen MR) is 67.1 cm³/mol. The molecule has 0 spiro atoms. The van der Waals surface area contributed by atoms with Gasteiger partial charge in [0.15, 0.2) is 4.90 Å². The van der Waals surface area contributed by atoms with Crippen LogP contribution in [0.2, 0.25) is 0 Å². The second-order valence-electron chi connectivity index (χ2n) is 2.96. The van der Waals surface area contributed by atoms with Crippen LogP contribution >= 0.6 is 22.6 Å². The third-order valence-corrected chi connectivity index (χ3v) is 3.84. The molecule has 0 aliphatic heterocycles. The average Bonchev–Trinajstić information content (AvgIpc) is 2.26. The van der Waals surface area contributed by atoms with Crippen LogP contribution in [0.3, 0.4) is 0 Å². The van der Waals surface area contributed by atoms with Crippen LogP contribution in [0.15, 0.2) is 23.1 Å². The minimum absolute atomic E-state index is 0.150. The summed E-state index contributed by atoms with van der Waals surface area (Å²) in [4.78, 5) is 9.18. The first-order chi connectivity index (χ1) is 7.88. The van der Waals surface area contributed by atoms with Gasteiger partial charge in [0, 0.05) is 11.0 Å². The van der Waals surface area contributed by atoms with Gasteiger partial charge in [-0.25, -0.2) is 17.5 Å². The van der Waals surface area contributed by atoms with E-state index < -0.39 is 31.3 Å². The van der Waals surface area contributed by atoms with Crippen LogP contribution in [0.1, 0.15) is 0 Å². The molecular formula is C8H8FIN2O4S. The molecule has 0 radical (unpaired) electrons. The molecule has 0 saturated heterocycles. The normalized spacial score (nSPS) is 11.4. The zero-order chi connectivity index (χ0) is 13.1. The summed E-state index contributed by atoms with van der Waals surface area (Å²) in [5.41, 5.74) is -0.772. The van der Waals surface area contributed by atoms with Crippen molar-refractivity contribution in [1.29, 1.82) is 0 Å². The van der Waals surface area contributed by atoms with Crippen molar-refractivity contribution in [3.8, 4) is 0 Å². The van der Waals surface area contributed by atoms with Gasteiger partial charge in [-0.15, -0.1) is 0 Å². The Balaban J connectivity index is 3.26. The van der Waals surface area contributed by atoms with Crippen LogP contribution < -0.4 is 4.72 Å². The fourth-order valence-corrected chi connectivity index (χ4v) is 2.93. The van der Waals surface area contributed by atoms with Crippen LogP contribution in [-0.4, -0.2) is 24.3 Å². The van der Waals surface area contributed by atoms with Crippen molar-refractivity contribution in [3.05, 3.63) is 34.1 Å². The quantitative estimate of drug-likeness (QED) is 0.366. The number of halogens is 2. The molecule has 0 aliphatic rings. The van der Waals surface area contributed by atoms with Crippen LogP contribution in [0.5, 0.6) is 0 Å². The molecule has 0 aliphatic carbocycles. The zero-order valence-corrected chi connectivity index (χ0v) is 11.4. The van der Waals surface area contributed by atoms with E-state index in [-0.39, 0.29) is 6.54 Å². The highest BCUT2D eigenvalue weighted by Gasteiger charge is 2.25. The fourth-order valence-electron chi connectivity index (χ4n) is 1.11. The number of alkyl halides is 1. The number of benzene rings is 1. The Morgan fingerprint density at radius 1 is 1.47 bits per heavy atom. The lowest BCUT2D eigenvalue weighted by atomic mass is 10.3. The standard InChI is InChI=1S/C8H8FIN2O4S/c9-6-1-2-8(7(5-6)12(13)14)17(15,16)11-4-3-10/h1-2,5,11H,3-4H2. The minimum atomic E-state index is -3.98. The monoisotopic (exact) mass is 374 g/mol. The van der Waals surface area contributed by atoms with E-state index in [1.807, 2.05) is 22.6 Å². The summed E-state index contributed by atoms with van der Waals surface area (Å²) in [6.45, 7) is 0.150. The lowest BCUT2D eigenvalue weighted by Crippen LogP contribution is -2.26. The molecule has 94 valence electrons. The Hall–Kier alpha value is -0.810. The van der Waals surface area contributed by atoms with E-state index in [0.717, 1.165) is 12.1 Å². The van der Waals surface area contributed by atoms with Crippen molar-refractivity contribution in [1.82, 2.24) is 4.72 Å². The van der Waals surface area contributed by atoms with Crippen molar-refractivity contribution in [3.63, 3.8) is 0 Å². The lowest BCUT2D eigenvalue weighted by Gasteiger charge is -2.05.